The third-order valence-electron chi connectivity index (χ3n) is 7.52. The van der Waals surface area contributed by atoms with Crippen molar-refractivity contribution in [3.63, 3.8) is 0 Å². The van der Waals surface area contributed by atoms with Crippen LogP contribution in [-0.2, 0) is 9.59 Å². The lowest BCUT2D eigenvalue weighted by Crippen LogP contribution is -2.53. The van der Waals surface area contributed by atoms with Crippen LogP contribution in [0.1, 0.15) is 62.9 Å². The van der Waals surface area contributed by atoms with Gasteiger partial charge in [0.05, 0.1) is 18.2 Å². The van der Waals surface area contributed by atoms with Crippen LogP contribution in [-0.4, -0.2) is 81.4 Å². The number of aliphatic hydroxyl groups is 1. The molecule has 2 amide bonds. The fourth-order valence-corrected chi connectivity index (χ4v) is 5.89. The molecule has 4 atom stereocenters. The van der Waals surface area contributed by atoms with E-state index < -0.39 is 6.10 Å². The summed E-state index contributed by atoms with van der Waals surface area (Å²) in [4.78, 5) is 52.6. The van der Waals surface area contributed by atoms with E-state index in [2.05, 4.69) is 10.2 Å². The minimum Gasteiger partial charge on any atom is -0.390 e. The number of aldehydes is 1. The second-order valence-electron chi connectivity index (χ2n) is 10.4. The number of nitrogens with zero attached hydrogens (tertiary/aromatic N) is 3. The predicted octanol–water partition coefficient (Wildman–Crippen LogP) is 1.72. The number of carbonyl (C=O) groups is 3. The summed E-state index contributed by atoms with van der Waals surface area (Å²) in [7, 11) is 0. The number of rotatable bonds is 9. The molecule has 2 aliphatic heterocycles. The third kappa shape index (κ3) is 5.37. The first-order valence-corrected chi connectivity index (χ1v) is 12.8. The lowest BCUT2D eigenvalue weighted by molar-refractivity contribution is -0.132. The van der Waals surface area contributed by atoms with E-state index in [0.717, 1.165) is 36.6 Å². The largest absolute Gasteiger partial charge is 0.390 e. The number of hydrogen-bond acceptors (Lipinski definition) is 6. The number of fused-ring (bicyclic) bond motifs is 3. The first-order valence-electron chi connectivity index (χ1n) is 12.8. The van der Waals surface area contributed by atoms with Crippen LogP contribution < -0.4 is 10.9 Å². The van der Waals surface area contributed by atoms with Crippen molar-refractivity contribution in [2.24, 2.45) is 0 Å². The Morgan fingerprint density at radius 2 is 1.86 bits per heavy atom. The van der Waals surface area contributed by atoms with Crippen LogP contribution in [0, 0.1) is 0 Å². The number of para-hydroxylation sites is 1. The number of pyridine rings is 1. The van der Waals surface area contributed by atoms with E-state index in [1.165, 1.54) is 11.8 Å². The predicted molar refractivity (Wildman–Crippen MR) is 137 cm³/mol. The zero-order valence-corrected chi connectivity index (χ0v) is 21.2. The molecule has 2 fully saturated rings. The fraction of sp³-hybridized carbons (Fsp3) is 0.556. The summed E-state index contributed by atoms with van der Waals surface area (Å²) in [6, 6.07) is 9.58. The molecule has 4 rings (SSSR count). The van der Waals surface area contributed by atoms with Gasteiger partial charge in [-0.15, -0.1) is 0 Å². The number of carbonyl (C=O) groups excluding carboxylic acids is 3. The van der Waals surface area contributed by atoms with Crippen molar-refractivity contribution in [1.29, 1.82) is 0 Å². The molecule has 0 radical (unpaired) electrons. The van der Waals surface area contributed by atoms with Gasteiger partial charge in [-0.1, -0.05) is 18.2 Å². The maximum atomic E-state index is 13.2. The van der Waals surface area contributed by atoms with Gasteiger partial charge < -0.3 is 24.7 Å². The molecule has 2 bridgehead atoms. The SMILES string of the molecule is CC(=O)N(CC=O)CC(O)CN1[C@@H]2CC[C@H]1CC(NC(=O)c1cc3ccccc3n(C(C)C)c1=O)C2. The van der Waals surface area contributed by atoms with Crippen molar-refractivity contribution in [3.05, 3.63) is 46.2 Å². The normalized spacial score (nSPS) is 22.5. The minimum absolute atomic E-state index is 0.0271. The third-order valence-corrected chi connectivity index (χ3v) is 7.52. The maximum Gasteiger partial charge on any atom is 0.264 e. The van der Waals surface area contributed by atoms with E-state index >= 15 is 0 Å². The standard InChI is InChI=1S/C27H36N4O5/c1-17(2)31-25-7-5-4-6-19(25)12-24(27(31)36)26(35)28-20-13-21-8-9-22(14-20)30(21)16-23(34)15-29(10-11-32)18(3)33/h4-7,11-12,17,20-23,34H,8-10,13-16H2,1-3H3,(H,28,35)/t20?,21-,22+,23?. The fourth-order valence-electron chi connectivity index (χ4n) is 5.89. The second kappa shape index (κ2) is 10.9. The summed E-state index contributed by atoms with van der Waals surface area (Å²) in [6.45, 7) is 5.77. The van der Waals surface area contributed by atoms with Crippen molar-refractivity contribution < 1.29 is 19.5 Å². The molecule has 2 aliphatic rings. The number of amides is 2. The average molecular weight is 497 g/mol. The molecule has 0 spiro atoms. The Morgan fingerprint density at radius 1 is 1.19 bits per heavy atom. The topological polar surface area (TPSA) is 112 Å². The average Bonchev–Trinajstić information content (AvgIpc) is 3.05. The van der Waals surface area contributed by atoms with Gasteiger partial charge >= 0.3 is 0 Å². The molecule has 2 N–H and O–H groups in total. The number of aliphatic hydroxyl groups excluding tert-OH is 1. The summed E-state index contributed by atoms with van der Waals surface area (Å²) in [6.07, 6.45) is 3.35. The Hall–Kier alpha value is -3.04. The number of nitrogens with one attached hydrogen (secondary N) is 1. The highest BCUT2D eigenvalue weighted by Gasteiger charge is 2.42. The van der Waals surface area contributed by atoms with Crippen LogP contribution >= 0.6 is 0 Å². The van der Waals surface area contributed by atoms with Crippen LogP contribution in [0.25, 0.3) is 10.9 Å². The number of piperidine rings is 1. The molecule has 0 saturated carbocycles. The number of hydrogen-bond donors (Lipinski definition) is 2. The molecule has 194 valence electrons. The molecule has 1 aromatic heterocycles. The highest BCUT2D eigenvalue weighted by Crippen LogP contribution is 2.36. The van der Waals surface area contributed by atoms with Gasteiger partial charge in [0.2, 0.25) is 5.91 Å². The summed E-state index contributed by atoms with van der Waals surface area (Å²) < 4.78 is 1.67. The maximum absolute atomic E-state index is 13.2. The van der Waals surface area contributed by atoms with Crippen LogP contribution in [0.15, 0.2) is 35.1 Å². The Labute approximate surface area is 211 Å². The van der Waals surface area contributed by atoms with Crippen LogP contribution in [0.2, 0.25) is 0 Å². The van der Waals surface area contributed by atoms with E-state index in [0.29, 0.717) is 12.8 Å². The van der Waals surface area contributed by atoms with Crippen molar-refractivity contribution >= 4 is 29.0 Å². The zero-order valence-electron chi connectivity index (χ0n) is 21.2. The van der Waals surface area contributed by atoms with Gasteiger partial charge in [0.25, 0.3) is 11.5 Å². The summed E-state index contributed by atoms with van der Waals surface area (Å²) in [5.74, 6) is -0.584. The smallest absolute Gasteiger partial charge is 0.264 e. The van der Waals surface area contributed by atoms with Gasteiger partial charge in [-0.2, -0.15) is 0 Å². The summed E-state index contributed by atoms with van der Waals surface area (Å²) in [5, 5.41) is 14.6. The Morgan fingerprint density at radius 3 is 2.47 bits per heavy atom. The molecule has 3 heterocycles. The highest BCUT2D eigenvalue weighted by molar-refractivity contribution is 5.97. The second-order valence-corrected chi connectivity index (χ2v) is 10.4. The lowest BCUT2D eigenvalue weighted by Gasteiger charge is -2.40. The summed E-state index contributed by atoms with van der Waals surface area (Å²) >= 11 is 0. The molecule has 36 heavy (non-hydrogen) atoms. The minimum atomic E-state index is -0.754. The van der Waals surface area contributed by atoms with Crippen molar-refractivity contribution in [2.45, 2.75) is 76.7 Å². The van der Waals surface area contributed by atoms with Crippen molar-refractivity contribution in [3.8, 4) is 0 Å². The monoisotopic (exact) mass is 496 g/mol. The highest BCUT2D eigenvalue weighted by atomic mass is 16.3. The Kier molecular flexibility index (Phi) is 7.90. The van der Waals surface area contributed by atoms with E-state index in [1.807, 2.05) is 38.1 Å². The molecule has 0 aliphatic carbocycles. The molecule has 1 aromatic carbocycles. The number of aromatic nitrogens is 1. The Bertz CT molecular complexity index is 1180. The summed E-state index contributed by atoms with van der Waals surface area (Å²) in [5.41, 5.74) is 0.692. The first-order chi connectivity index (χ1) is 17.2. The van der Waals surface area contributed by atoms with Gasteiger partial charge in [0, 0.05) is 44.2 Å². The molecule has 2 aromatic rings. The molecule has 9 heteroatoms. The molecular formula is C27H36N4O5. The van der Waals surface area contributed by atoms with E-state index in [9.17, 15) is 24.3 Å². The van der Waals surface area contributed by atoms with Gasteiger partial charge in [-0.25, -0.2) is 0 Å². The zero-order chi connectivity index (χ0) is 26.0. The van der Waals surface area contributed by atoms with E-state index in [4.69, 9.17) is 0 Å². The van der Waals surface area contributed by atoms with Crippen molar-refractivity contribution in [1.82, 2.24) is 19.7 Å². The van der Waals surface area contributed by atoms with Gasteiger partial charge in [0.1, 0.15) is 11.8 Å². The van der Waals surface area contributed by atoms with Gasteiger partial charge in [-0.3, -0.25) is 19.3 Å². The molecular weight excluding hydrogens is 460 g/mol. The Balaban J connectivity index is 1.43. The number of benzene rings is 1. The van der Waals surface area contributed by atoms with Crippen LogP contribution in [0.4, 0.5) is 0 Å². The lowest BCUT2D eigenvalue weighted by atomic mass is 9.96. The van der Waals surface area contributed by atoms with Crippen LogP contribution in [0.5, 0.6) is 0 Å². The quantitative estimate of drug-likeness (QED) is 0.512. The van der Waals surface area contributed by atoms with Crippen molar-refractivity contribution in [2.75, 3.05) is 19.6 Å². The van der Waals surface area contributed by atoms with Gasteiger partial charge in [-0.05, 0) is 57.0 Å². The molecule has 2 unspecified atom stereocenters. The first kappa shape index (κ1) is 26.0. The molecule has 9 nitrogen and oxygen atoms in total. The van der Waals surface area contributed by atoms with E-state index in [-0.39, 0.29) is 60.2 Å². The van der Waals surface area contributed by atoms with Gasteiger partial charge in [0.15, 0.2) is 0 Å². The van der Waals surface area contributed by atoms with E-state index in [1.54, 1.807) is 10.6 Å². The van der Waals surface area contributed by atoms with Crippen LogP contribution in [0.3, 0.4) is 0 Å². The molecule has 2 saturated heterocycles.